The summed E-state index contributed by atoms with van der Waals surface area (Å²) in [4.78, 5) is 14.2. The lowest BCUT2D eigenvalue weighted by atomic mass is 9.97. The van der Waals surface area contributed by atoms with Crippen molar-refractivity contribution in [3.05, 3.63) is 16.1 Å². The lowest BCUT2D eigenvalue weighted by Crippen LogP contribution is -2.50. The summed E-state index contributed by atoms with van der Waals surface area (Å²) in [5.74, 6) is 2.47. The SMILES string of the molecule is CN=C(NCC1CCN(Cc2csc(C)n2)CC1)NC1CCN(CC(C)C)CC1. The molecule has 0 bridgehead atoms. The van der Waals surface area contributed by atoms with Gasteiger partial charge in [-0.2, -0.15) is 0 Å². The average Bonchev–Trinajstić information content (AvgIpc) is 3.12. The van der Waals surface area contributed by atoms with Gasteiger partial charge in [0, 0.05) is 51.2 Å². The Labute approximate surface area is 181 Å². The zero-order chi connectivity index (χ0) is 20.6. The van der Waals surface area contributed by atoms with Crippen molar-refractivity contribution in [2.45, 2.75) is 59.0 Å². The maximum Gasteiger partial charge on any atom is 0.191 e. The second-order valence-corrected chi connectivity index (χ2v) is 10.2. The van der Waals surface area contributed by atoms with Gasteiger partial charge in [-0.05, 0) is 57.5 Å². The van der Waals surface area contributed by atoms with Crippen LogP contribution in [0.4, 0.5) is 0 Å². The highest BCUT2D eigenvalue weighted by Gasteiger charge is 2.22. The first kappa shape index (κ1) is 22.5. The van der Waals surface area contributed by atoms with Crippen LogP contribution in [0.5, 0.6) is 0 Å². The summed E-state index contributed by atoms with van der Waals surface area (Å²) in [5, 5.41) is 10.6. The van der Waals surface area contributed by atoms with E-state index in [2.05, 4.69) is 56.6 Å². The van der Waals surface area contributed by atoms with Crippen molar-refractivity contribution >= 4 is 17.3 Å². The van der Waals surface area contributed by atoms with Gasteiger partial charge in [-0.15, -0.1) is 11.3 Å². The standard InChI is InChI=1S/C22H40N6S/c1-17(2)14-27-11-7-20(8-12-27)26-22(23-4)24-13-19-5-9-28(10-6-19)15-21-16-29-18(3)25-21/h16-17,19-20H,5-15H2,1-4H3,(H2,23,24,26). The summed E-state index contributed by atoms with van der Waals surface area (Å²) in [6.45, 7) is 14.7. The predicted octanol–water partition coefficient (Wildman–Crippen LogP) is 2.95. The molecular weight excluding hydrogens is 380 g/mol. The minimum atomic E-state index is 0.549. The smallest absolute Gasteiger partial charge is 0.191 e. The molecule has 2 aliphatic heterocycles. The van der Waals surface area contributed by atoms with Gasteiger partial charge in [0.2, 0.25) is 0 Å². The summed E-state index contributed by atoms with van der Waals surface area (Å²) in [6.07, 6.45) is 4.92. The lowest BCUT2D eigenvalue weighted by molar-refractivity contribution is 0.176. The number of nitrogens with zero attached hydrogens (tertiary/aromatic N) is 4. The van der Waals surface area contributed by atoms with Crippen LogP contribution < -0.4 is 10.6 Å². The number of nitrogens with one attached hydrogen (secondary N) is 2. The van der Waals surface area contributed by atoms with E-state index >= 15 is 0 Å². The van der Waals surface area contributed by atoms with Gasteiger partial charge in [0.1, 0.15) is 0 Å². The van der Waals surface area contributed by atoms with E-state index in [0.29, 0.717) is 6.04 Å². The third kappa shape index (κ3) is 7.54. The van der Waals surface area contributed by atoms with Crippen molar-refractivity contribution in [2.75, 3.05) is 46.3 Å². The van der Waals surface area contributed by atoms with Crippen molar-refractivity contribution in [2.24, 2.45) is 16.8 Å². The van der Waals surface area contributed by atoms with E-state index in [1.54, 1.807) is 11.3 Å². The van der Waals surface area contributed by atoms with E-state index in [-0.39, 0.29) is 0 Å². The van der Waals surface area contributed by atoms with E-state index in [1.807, 2.05) is 7.05 Å². The Kier molecular flexibility index (Phi) is 8.75. The van der Waals surface area contributed by atoms with Gasteiger partial charge in [0.15, 0.2) is 5.96 Å². The maximum atomic E-state index is 4.61. The van der Waals surface area contributed by atoms with Crippen LogP contribution in [0.3, 0.4) is 0 Å². The molecule has 7 heteroatoms. The first-order chi connectivity index (χ1) is 14.0. The molecule has 29 heavy (non-hydrogen) atoms. The maximum absolute atomic E-state index is 4.61. The average molecular weight is 421 g/mol. The Bertz CT molecular complexity index is 627. The van der Waals surface area contributed by atoms with Crippen LogP contribution in [0, 0.1) is 18.8 Å². The molecule has 164 valence electrons. The molecule has 1 aromatic rings. The highest BCUT2D eigenvalue weighted by Crippen LogP contribution is 2.19. The minimum Gasteiger partial charge on any atom is -0.356 e. The zero-order valence-corrected chi connectivity index (χ0v) is 19.6. The second-order valence-electron chi connectivity index (χ2n) is 9.14. The molecule has 3 rings (SSSR count). The normalized spacial score (nSPS) is 21.1. The number of aromatic nitrogens is 1. The summed E-state index contributed by atoms with van der Waals surface area (Å²) >= 11 is 1.75. The number of hydrogen-bond donors (Lipinski definition) is 2. The molecule has 0 saturated carbocycles. The molecule has 3 heterocycles. The minimum absolute atomic E-state index is 0.549. The molecule has 0 aromatic carbocycles. The molecule has 0 amide bonds. The topological polar surface area (TPSA) is 55.8 Å². The fraction of sp³-hybridized carbons (Fsp3) is 0.818. The molecule has 6 nitrogen and oxygen atoms in total. The quantitative estimate of drug-likeness (QED) is 0.525. The molecule has 2 N–H and O–H groups in total. The Morgan fingerprint density at radius 1 is 1.17 bits per heavy atom. The van der Waals surface area contributed by atoms with E-state index in [1.165, 1.54) is 69.1 Å². The van der Waals surface area contributed by atoms with E-state index in [4.69, 9.17) is 0 Å². The first-order valence-electron chi connectivity index (χ1n) is 11.3. The summed E-state index contributed by atoms with van der Waals surface area (Å²) < 4.78 is 0. The van der Waals surface area contributed by atoms with Crippen LogP contribution in [-0.2, 0) is 6.54 Å². The Morgan fingerprint density at radius 2 is 1.86 bits per heavy atom. The van der Waals surface area contributed by atoms with Crippen molar-refractivity contribution in [3.8, 4) is 0 Å². The fourth-order valence-corrected chi connectivity index (χ4v) is 5.07. The monoisotopic (exact) mass is 420 g/mol. The van der Waals surface area contributed by atoms with Gasteiger partial charge in [-0.25, -0.2) is 4.98 Å². The molecule has 2 saturated heterocycles. The van der Waals surface area contributed by atoms with Crippen molar-refractivity contribution in [1.29, 1.82) is 0 Å². The third-order valence-electron chi connectivity index (χ3n) is 6.09. The Balaban J connectivity index is 1.32. The van der Waals surface area contributed by atoms with Crippen LogP contribution in [0.2, 0.25) is 0 Å². The number of aliphatic imine (C=N–C) groups is 1. The number of hydrogen-bond acceptors (Lipinski definition) is 5. The first-order valence-corrected chi connectivity index (χ1v) is 12.2. The van der Waals surface area contributed by atoms with Gasteiger partial charge >= 0.3 is 0 Å². The van der Waals surface area contributed by atoms with E-state index in [0.717, 1.165) is 30.9 Å². The number of aryl methyl sites for hydroxylation is 1. The van der Waals surface area contributed by atoms with Crippen LogP contribution in [0.25, 0.3) is 0 Å². The summed E-state index contributed by atoms with van der Waals surface area (Å²) in [5.41, 5.74) is 1.23. The molecule has 0 aliphatic carbocycles. The summed E-state index contributed by atoms with van der Waals surface area (Å²) in [7, 11) is 1.89. The van der Waals surface area contributed by atoms with E-state index < -0.39 is 0 Å². The van der Waals surface area contributed by atoms with Crippen molar-refractivity contribution in [3.63, 3.8) is 0 Å². The van der Waals surface area contributed by atoms with Gasteiger partial charge in [0.05, 0.1) is 10.7 Å². The fourth-order valence-electron chi connectivity index (χ4n) is 4.46. The highest BCUT2D eigenvalue weighted by molar-refractivity contribution is 7.09. The number of piperidine rings is 2. The van der Waals surface area contributed by atoms with Gasteiger partial charge in [0.25, 0.3) is 0 Å². The Morgan fingerprint density at radius 3 is 2.45 bits per heavy atom. The predicted molar refractivity (Wildman–Crippen MR) is 124 cm³/mol. The van der Waals surface area contributed by atoms with Gasteiger partial charge in [-0.1, -0.05) is 13.8 Å². The molecule has 1 aromatic heterocycles. The molecule has 0 atom stereocenters. The molecule has 0 spiro atoms. The molecule has 2 aliphatic rings. The Hall–Kier alpha value is -1.18. The molecular formula is C22H40N6S. The molecule has 0 radical (unpaired) electrons. The molecule has 2 fully saturated rings. The number of thiazole rings is 1. The second kappa shape index (κ2) is 11.3. The van der Waals surface area contributed by atoms with Crippen LogP contribution in [0.1, 0.15) is 50.2 Å². The van der Waals surface area contributed by atoms with Crippen LogP contribution >= 0.6 is 11.3 Å². The zero-order valence-electron chi connectivity index (χ0n) is 18.8. The lowest BCUT2D eigenvalue weighted by Gasteiger charge is -2.34. The highest BCUT2D eigenvalue weighted by atomic mass is 32.1. The largest absolute Gasteiger partial charge is 0.356 e. The van der Waals surface area contributed by atoms with Crippen LogP contribution in [-0.4, -0.2) is 73.1 Å². The number of likely N-dealkylation sites (tertiary alicyclic amines) is 2. The number of guanidine groups is 1. The van der Waals surface area contributed by atoms with Gasteiger partial charge in [-0.3, -0.25) is 9.89 Å². The molecule has 0 unspecified atom stereocenters. The summed E-state index contributed by atoms with van der Waals surface area (Å²) in [6, 6.07) is 0.549. The van der Waals surface area contributed by atoms with Crippen molar-refractivity contribution in [1.82, 2.24) is 25.4 Å². The van der Waals surface area contributed by atoms with Crippen LogP contribution in [0.15, 0.2) is 10.4 Å². The number of rotatable bonds is 7. The van der Waals surface area contributed by atoms with Gasteiger partial charge < -0.3 is 15.5 Å². The van der Waals surface area contributed by atoms with E-state index in [9.17, 15) is 0 Å². The third-order valence-corrected chi connectivity index (χ3v) is 6.92. The van der Waals surface area contributed by atoms with Crippen molar-refractivity contribution < 1.29 is 0 Å².